The Morgan fingerprint density at radius 1 is 1.00 bits per heavy atom. The SMILES string of the molecule is O=C(N[C@@H](c1ccccc1)C1CC1)C1CCN(S(=O)(=O)c2cc(Cl)ccc2Cl)CC1. The number of carbonyl (C=O) groups excluding carboxylic acids is 1. The fourth-order valence-electron chi connectivity index (χ4n) is 4.01. The summed E-state index contributed by atoms with van der Waals surface area (Å²) in [6.45, 7) is 0.561. The summed E-state index contributed by atoms with van der Waals surface area (Å²) in [4.78, 5) is 12.9. The zero-order valence-corrected chi connectivity index (χ0v) is 18.8. The Bertz CT molecular complexity index is 1020. The molecule has 2 aromatic carbocycles. The average Bonchev–Trinajstić information content (AvgIpc) is 3.59. The van der Waals surface area contributed by atoms with E-state index in [9.17, 15) is 13.2 Å². The van der Waals surface area contributed by atoms with Crippen LogP contribution in [-0.4, -0.2) is 31.7 Å². The summed E-state index contributed by atoms with van der Waals surface area (Å²) >= 11 is 12.1. The molecule has 160 valence electrons. The van der Waals surface area contributed by atoms with E-state index >= 15 is 0 Å². The maximum Gasteiger partial charge on any atom is 0.244 e. The van der Waals surface area contributed by atoms with Crippen LogP contribution in [0.15, 0.2) is 53.4 Å². The van der Waals surface area contributed by atoms with Crippen molar-refractivity contribution in [1.29, 1.82) is 0 Å². The third-order valence-corrected chi connectivity index (χ3v) is 8.50. The van der Waals surface area contributed by atoms with Gasteiger partial charge in [0.2, 0.25) is 15.9 Å². The Morgan fingerprint density at radius 2 is 1.67 bits per heavy atom. The molecule has 5 nitrogen and oxygen atoms in total. The van der Waals surface area contributed by atoms with Crippen molar-refractivity contribution < 1.29 is 13.2 Å². The lowest BCUT2D eigenvalue weighted by atomic mass is 9.95. The summed E-state index contributed by atoms with van der Waals surface area (Å²) < 4.78 is 27.4. The molecule has 0 bridgehead atoms. The zero-order valence-electron chi connectivity index (χ0n) is 16.4. The molecular formula is C22H24Cl2N2O3S. The minimum Gasteiger partial charge on any atom is -0.349 e. The summed E-state index contributed by atoms with van der Waals surface area (Å²) in [7, 11) is -3.75. The molecule has 2 aliphatic rings. The van der Waals surface area contributed by atoms with Gasteiger partial charge in [-0.05, 0) is 55.4 Å². The standard InChI is InChI=1S/C22H24Cl2N2O3S/c23-18-8-9-19(24)20(14-18)30(28,29)26-12-10-17(11-13-26)22(27)25-21(16-6-7-16)15-4-2-1-3-5-15/h1-5,8-9,14,16-17,21H,6-7,10-13H2,(H,25,27)/t21-/m0/s1. The van der Waals surface area contributed by atoms with Crippen molar-refractivity contribution in [3.8, 4) is 0 Å². The summed E-state index contributed by atoms with van der Waals surface area (Å²) in [5, 5.41) is 3.69. The predicted molar refractivity (Wildman–Crippen MR) is 118 cm³/mol. The topological polar surface area (TPSA) is 66.5 Å². The normalized spacial score (nSPS) is 19.4. The number of rotatable bonds is 6. The lowest BCUT2D eigenvalue weighted by Gasteiger charge is -2.32. The van der Waals surface area contributed by atoms with Gasteiger partial charge in [0.1, 0.15) is 4.90 Å². The number of hydrogen-bond donors (Lipinski definition) is 1. The number of nitrogens with zero attached hydrogens (tertiary/aromatic N) is 1. The summed E-state index contributed by atoms with van der Waals surface area (Å²) in [6, 6.07) is 14.5. The van der Waals surface area contributed by atoms with E-state index in [2.05, 4.69) is 5.32 Å². The van der Waals surface area contributed by atoms with Gasteiger partial charge in [-0.2, -0.15) is 4.31 Å². The number of amides is 1. The Morgan fingerprint density at radius 3 is 2.30 bits per heavy atom. The molecule has 1 atom stereocenters. The van der Waals surface area contributed by atoms with E-state index in [1.807, 2.05) is 30.3 Å². The van der Waals surface area contributed by atoms with Gasteiger partial charge in [0.25, 0.3) is 0 Å². The first kappa shape index (κ1) is 21.6. The third kappa shape index (κ3) is 4.67. The van der Waals surface area contributed by atoms with Crippen LogP contribution in [-0.2, 0) is 14.8 Å². The van der Waals surface area contributed by atoms with Crippen LogP contribution in [0.2, 0.25) is 10.0 Å². The first-order valence-corrected chi connectivity index (χ1v) is 12.4. The largest absolute Gasteiger partial charge is 0.349 e. The summed E-state index contributed by atoms with van der Waals surface area (Å²) in [5.41, 5.74) is 1.13. The van der Waals surface area contributed by atoms with Gasteiger partial charge < -0.3 is 5.32 Å². The van der Waals surface area contributed by atoms with Gasteiger partial charge in [-0.15, -0.1) is 0 Å². The van der Waals surface area contributed by atoms with Gasteiger partial charge in [-0.1, -0.05) is 53.5 Å². The van der Waals surface area contributed by atoms with Crippen LogP contribution in [0, 0.1) is 11.8 Å². The second-order valence-corrected chi connectivity index (χ2v) is 10.7. The number of halogens is 2. The van der Waals surface area contributed by atoms with Crippen LogP contribution >= 0.6 is 23.2 Å². The summed E-state index contributed by atoms with van der Waals surface area (Å²) in [5.74, 6) is 0.298. The monoisotopic (exact) mass is 466 g/mol. The molecule has 1 aliphatic carbocycles. The minimum absolute atomic E-state index is 0.00795. The molecule has 1 N–H and O–H groups in total. The Balaban J connectivity index is 1.40. The zero-order chi connectivity index (χ0) is 21.3. The maximum absolute atomic E-state index is 13.0. The highest BCUT2D eigenvalue weighted by atomic mass is 35.5. The van der Waals surface area contributed by atoms with Gasteiger partial charge in [0, 0.05) is 24.0 Å². The number of hydrogen-bond acceptors (Lipinski definition) is 3. The quantitative estimate of drug-likeness (QED) is 0.672. The van der Waals surface area contributed by atoms with Crippen LogP contribution in [0.3, 0.4) is 0 Å². The van der Waals surface area contributed by atoms with Gasteiger partial charge >= 0.3 is 0 Å². The highest BCUT2D eigenvalue weighted by Gasteiger charge is 2.37. The molecule has 1 heterocycles. The van der Waals surface area contributed by atoms with Crippen LogP contribution in [0.1, 0.15) is 37.3 Å². The van der Waals surface area contributed by atoms with Gasteiger partial charge in [0.05, 0.1) is 11.1 Å². The van der Waals surface area contributed by atoms with E-state index < -0.39 is 10.0 Å². The van der Waals surface area contributed by atoms with E-state index in [1.54, 1.807) is 6.07 Å². The molecule has 1 aliphatic heterocycles. The molecule has 1 saturated heterocycles. The van der Waals surface area contributed by atoms with Gasteiger partial charge in [0.15, 0.2) is 0 Å². The van der Waals surface area contributed by atoms with Crippen molar-refractivity contribution >= 4 is 39.1 Å². The lowest BCUT2D eigenvalue weighted by Crippen LogP contribution is -2.44. The maximum atomic E-state index is 13.0. The predicted octanol–water partition coefficient (Wildman–Crippen LogP) is 4.66. The van der Waals surface area contributed by atoms with E-state index in [-0.39, 0.29) is 40.9 Å². The molecule has 1 saturated carbocycles. The molecule has 4 rings (SSSR count). The van der Waals surface area contributed by atoms with Crippen molar-refractivity contribution in [3.63, 3.8) is 0 Å². The number of carbonyl (C=O) groups is 1. The number of sulfonamides is 1. The van der Waals surface area contributed by atoms with E-state index in [1.165, 1.54) is 16.4 Å². The molecule has 1 amide bonds. The molecular weight excluding hydrogens is 443 g/mol. The molecule has 2 fully saturated rings. The molecule has 2 aromatic rings. The van der Waals surface area contributed by atoms with Gasteiger partial charge in [-0.3, -0.25) is 4.79 Å². The first-order chi connectivity index (χ1) is 14.4. The average molecular weight is 467 g/mol. The first-order valence-electron chi connectivity index (χ1n) is 10.2. The van der Waals surface area contributed by atoms with Crippen LogP contribution < -0.4 is 5.32 Å². The third-order valence-electron chi connectivity index (χ3n) is 5.89. The second kappa shape index (κ2) is 8.87. The van der Waals surface area contributed by atoms with Crippen LogP contribution in [0.25, 0.3) is 0 Å². The van der Waals surface area contributed by atoms with Crippen molar-refractivity contribution in [1.82, 2.24) is 9.62 Å². The highest BCUT2D eigenvalue weighted by Crippen LogP contribution is 2.41. The van der Waals surface area contributed by atoms with E-state index in [0.717, 1.165) is 18.4 Å². The molecule has 30 heavy (non-hydrogen) atoms. The number of benzene rings is 2. The molecule has 0 aromatic heterocycles. The highest BCUT2D eigenvalue weighted by molar-refractivity contribution is 7.89. The molecule has 0 radical (unpaired) electrons. The fourth-order valence-corrected chi connectivity index (χ4v) is 6.21. The van der Waals surface area contributed by atoms with E-state index in [0.29, 0.717) is 23.8 Å². The number of piperidine rings is 1. The Hall–Kier alpha value is -1.60. The lowest BCUT2D eigenvalue weighted by molar-refractivity contribution is -0.127. The Kier molecular flexibility index (Phi) is 6.39. The molecule has 8 heteroatoms. The van der Waals surface area contributed by atoms with Gasteiger partial charge in [-0.25, -0.2) is 8.42 Å². The van der Waals surface area contributed by atoms with Crippen molar-refractivity contribution in [2.45, 2.75) is 36.6 Å². The number of nitrogens with one attached hydrogen (secondary N) is 1. The van der Waals surface area contributed by atoms with E-state index in [4.69, 9.17) is 23.2 Å². The minimum atomic E-state index is -3.75. The Labute approximate surface area is 187 Å². The van der Waals surface area contributed by atoms with Crippen molar-refractivity contribution in [2.75, 3.05) is 13.1 Å². The molecule has 0 spiro atoms. The van der Waals surface area contributed by atoms with Crippen LogP contribution in [0.5, 0.6) is 0 Å². The summed E-state index contributed by atoms with van der Waals surface area (Å²) in [6.07, 6.45) is 3.21. The molecule has 0 unspecified atom stereocenters. The van der Waals surface area contributed by atoms with Crippen molar-refractivity contribution in [3.05, 3.63) is 64.1 Å². The second-order valence-electron chi connectivity index (χ2n) is 7.99. The van der Waals surface area contributed by atoms with Crippen molar-refractivity contribution in [2.24, 2.45) is 11.8 Å². The smallest absolute Gasteiger partial charge is 0.244 e. The fraction of sp³-hybridized carbons (Fsp3) is 0.409. The van der Waals surface area contributed by atoms with Crippen LogP contribution in [0.4, 0.5) is 0 Å².